The molecule has 0 saturated heterocycles. The van der Waals surface area contributed by atoms with E-state index in [1.54, 1.807) is 4.68 Å². The maximum absolute atomic E-state index is 11.7. The zero-order valence-electron chi connectivity index (χ0n) is 11.6. The van der Waals surface area contributed by atoms with Crippen molar-refractivity contribution in [1.29, 1.82) is 0 Å². The molecule has 0 fully saturated rings. The Morgan fingerprint density at radius 2 is 2.05 bits per heavy atom. The molecular weight excluding hydrogens is 276 g/mol. The van der Waals surface area contributed by atoms with Gasteiger partial charge >= 0.3 is 5.97 Å². The van der Waals surface area contributed by atoms with Gasteiger partial charge < -0.3 is 4.74 Å². The number of rotatable bonds is 5. The molecule has 0 spiro atoms. The van der Waals surface area contributed by atoms with Gasteiger partial charge in [0, 0.05) is 5.75 Å². The minimum Gasteiger partial charge on any atom is -0.469 e. The van der Waals surface area contributed by atoms with E-state index < -0.39 is 5.41 Å². The molecule has 0 aliphatic rings. The Morgan fingerprint density at radius 3 is 2.70 bits per heavy atom. The number of carbonyl (C=O) groups is 1. The lowest BCUT2D eigenvalue weighted by Crippen LogP contribution is -2.28. The monoisotopic (exact) mass is 292 g/mol. The first-order chi connectivity index (χ1) is 9.54. The average molecular weight is 292 g/mol. The van der Waals surface area contributed by atoms with Gasteiger partial charge in [0.1, 0.15) is 0 Å². The second kappa shape index (κ2) is 6.04. The van der Waals surface area contributed by atoms with Gasteiger partial charge in [-0.1, -0.05) is 30.0 Å². The third kappa shape index (κ3) is 3.16. The van der Waals surface area contributed by atoms with Crippen LogP contribution in [0.5, 0.6) is 0 Å². The fraction of sp³-hybridized carbons (Fsp3) is 0.385. The molecule has 2 rings (SSSR count). The number of nitrogens with zero attached hydrogens (tertiary/aromatic N) is 4. The normalized spacial score (nSPS) is 11.3. The van der Waals surface area contributed by atoms with E-state index in [2.05, 4.69) is 15.5 Å². The molecule has 0 unspecified atom stereocenters. The van der Waals surface area contributed by atoms with Gasteiger partial charge in [-0.2, -0.15) is 4.68 Å². The summed E-state index contributed by atoms with van der Waals surface area (Å²) in [6, 6.07) is 9.62. The summed E-state index contributed by atoms with van der Waals surface area (Å²) >= 11 is 1.43. The van der Waals surface area contributed by atoms with Crippen LogP contribution in [-0.2, 0) is 9.53 Å². The summed E-state index contributed by atoms with van der Waals surface area (Å²) < 4.78 is 6.44. The fourth-order valence-electron chi connectivity index (χ4n) is 1.58. The highest BCUT2D eigenvalue weighted by molar-refractivity contribution is 7.99. The van der Waals surface area contributed by atoms with E-state index in [0.29, 0.717) is 10.9 Å². The summed E-state index contributed by atoms with van der Waals surface area (Å²) in [5, 5.41) is 12.3. The number of methoxy groups -OCH3 is 1. The first-order valence-electron chi connectivity index (χ1n) is 6.09. The topological polar surface area (TPSA) is 69.9 Å². The average Bonchev–Trinajstić information content (AvgIpc) is 2.93. The number of carbonyl (C=O) groups excluding carboxylic acids is 1. The van der Waals surface area contributed by atoms with E-state index in [4.69, 9.17) is 4.74 Å². The van der Waals surface area contributed by atoms with Gasteiger partial charge in [0.05, 0.1) is 18.2 Å². The van der Waals surface area contributed by atoms with E-state index in [0.717, 1.165) is 5.69 Å². The lowest BCUT2D eigenvalue weighted by molar-refractivity contribution is -0.149. The maximum atomic E-state index is 11.7. The molecule has 1 heterocycles. The minimum absolute atomic E-state index is 0.247. The first kappa shape index (κ1) is 14.5. The number of hydrogen-bond donors (Lipinski definition) is 0. The highest BCUT2D eigenvalue weighted by Gasteiger charge is 2.29. The summed E-state index contributed by atoms with van der Waals surface area (Å²) in [5.41, 5.74) is 0.295. The highest BCUT2D eigenvalue weighted by atomic mass is 32.2. The summed E-state index contributed by atoms with van der Waals surface area (Å²) in [4.78, 5) is 11.7. The van der Waals surface area contributed by atoms with Crippen LogP contribution in [-0.4, -0.2) is 39.0 Å². The van der Waals surface area contributed by atoms with Gasteiger partial charge in [-0.3, -0.25) is 4.79 Å². The molecule has 0 N–H and O–H groups in total. The SMILES string of the molecule is COC(=O)C(C)(C)CSc1nnnn1-c1ccccc1. The third-order valence-corrected chi connectivity index (χ3v) is 4.12. The Morgan fingerprint density at radius 1 is 1.35 bits per heavy atom. The van der Waals surface area contributed by atoms with E-state index in [1.807, 2.05) is 44.2 Å². The van der Waals surface area contributed by atoms with Crippen molar-refractivity contribution < 1.29 is 9.53 Å². The summed E-state index contributed by atoms with van der Waals surface area (Å²) in [6.45, 7) is 3.67. The lowest BCUT2D eigenvalue weighted by Gasteiger charge is -2.20. The maximum Gasteiger partial charge on any atom is 0.312 e. The summed E-state index contributed by atoms with van der Waals surface area (Å²) in [7, 11) is 1.39. The molecule has 0 aliphatic heterocycles. The van der Waals surface area contributed by atoms with Crippen LogP contribution in [0.1, 0.15) is 13.8 Å². The summed E-state index contributed by atoms with van der Waals surface area (Å²) in [6.07, 6.45) is 0. The number of aromatic nitrogens is 4. The molecule has 6 nitrogen and oxygen atoms in total. The van der Waals surface area contributed by atoms with Crippen molar-refractivity contribution in [3.8, 4) is 5.69 Å². The minimum atomic E-state index is -0.590. The zero-order valence-corrected chi connectivity index (χ0v) is 12.4. The van der Waals surface area contributed by atoms with E-state index >= 15 is 0 Å². The quantitative estimate of drug-likeness (QED) is 0.619. The molecule has 20 heavy (non-hydrogen) atoms. The largest absolute Gasteiger partial charge is 0.469 e. The Kier molecular flexibility index (Phi) is 4.39. The van der Waals surface area contributed by atoms with Crippen molar-refractivity contribution in [2.75, 3.05) is 12.9 Å². The molecule has 0 atom stereocenters. The molecule has 106 valence electrons. The van der Waals surface area contributed by atoms with Crippen molar-refractivity contribution in [3.05, 3.63) is 30.3 Å². The summed E-state index contributed by atoms with van der Waals surface area (Å²) in [5.74, 6) is 0.288. The predicted molar refractivity (Wildman–Crippen MR) is 75.7 cm³/mol. The van der Waals surface area contributed by atoms with Crippen molar-refractivity contribution >= 4 is 17.7 Å². The van der Waals surface area contributed by atoms with Gasteiger partial charge in [0.15, 0.2) is 0 Å². The third-order valence-electron chi connectivity index (χ3n) is 2.74. The van der Waals surface area contributed by atoms with Crippen molar-refractivity contribution in [1.82, 2.24) is 20.2 Å². The number of thioether (sulfide) groups is 1. The molecule has 1 aromatic carbocycles. The molecular formula is C13H16N4O2S. The van der Waals surface area contributed by atoms with Gasteiger partial charge in [0.25, 0.3) is 0 Å². The standard InChI is InChI=1S/C13H16N4O2S/c1-13(2,11(18)19-3)9-20-12-14-15-16-17(12)10-7-5-4-6-8-10/h4-8H,9H2,1-3H3. The van der Waals surface area contributed by atoms with Gasteiger partial charge in [0.2, 0.25) is 5.16 Å². The van der Waals surface area contributed by atoms with Crippen molar-refractivity contribution in [2.45, 2.75) is 19.0 Å². The Bertz CT molecular complexity index is 583. The first-order valence-corrected chi connectivity index (χ1v) is 7.08. The van der Waals surface area contributed by atoms with Crippen LogP contribution in [0, 0.1) is 5.41 Å². The molecule has 2 aromatic rings. The van der Waals surface area contributed by atoms with Gasteiger partial charge in [-0.05, 0) is 36.4 Å². The second-order valence-corrected chi connectivity index (χ2v) is 5.82. The van der Waals surface area contributed by atoms with Gasteiger partial charge in [-0.25, -0.2) is 0 Å². The lowest BCUT2D eigenvalue weighted by atomic mass is 9.97. The van der Waals surface area contributed by atoms with Crippen LogP contribution in [0.4, 0.5) is 0 Å². The van der Waals surface area contributed by atoms with Crippen LogP contribution in [0.15, 0.2) is 35.5 Å². The molecule has 0 radical (unpaired) electrons. The number of para-hydroxylation sites is 1. The van der Waals surface area contributed by atoms with Gasteiger partial charge in [-0.15, -0.1) is 5.10 Å². The number of ether oxygens (including phenoxy) is 1. The zero-order chi connectivity index (χ0) is 14.6. The highest BCUT2D eigenvalue weighted by Crippen LogP contribution is 2.28. The predicted octanol–water partition coefficient (Wildman–Crippen LogP) is 1.95. The Hall–Kier alpha value is -1.89. The molecule has 0 bridgehead atoms. The van der Waals surface area contributed by atoms with Crippen LogP contribution < -0.4 is 0 Å². The molecule has 0 aliphatic carbocycles. The Balaban J connectivity index is 2.13. The van der Waals surface area contributed by atoms with Crippen molar-refractivity contribution in [2.24, 2.45) is 5.41 Å². The van der Waals surface area contributed by atoms with E-state index in [9.17, 15) is 4.79 Å². The molecule has 0 amide bonds. The van der Waals surface area contributed by atoms with Crippen LogP contribution in [0.2, 0.25) is 0 Å². The van der Waals surface area contributed by atoms with E-state index in [1.165, 1.54) is 18.9 Å². The number of benzene rings is 1. The van der Waals surface area contributed by atoms with Crippen LogP contribution in [0.25, 0.3) is 5.69 Å². The Labute approximate surface area is 121 Å². The molecule has 7 heteroatoms. The van der Waals surface area contributed by atoms with Crippen LogP contribution in [0.3, 0.4) is 0 Å². The molecule has 0 saturated carbocycles. The number of tetrazole rings is 1. The smallest absolute Gasteiger partial charge is 0.312 e. The van der Waals surface area contributed by atoms with E-state index in [-0.39, 0.29) is 5.97 Å². The van der Waals surface area contributed by atoms with Crippen molar-refractivity contribution in [3.63, 3.8) is 0 Å². The fourth-order valence-corrected chi connectivity index (χ4v) is 2.55. The van der Waals surface area contributed by atoms with Crippen LogP contribution >= 0.6 is 11.8 Å². The number of esters is 1. The molecule has 1 aromatic heterocycles. The second-order valence-electron chi connectivity index (χ2n) is 4.87. The number of hydrogen-bond acceptors (Lipinski definition) is 6.